The molecule has 116 valence electrons. The van der Waals surface area contributed by atoms with Gasteiger partial charge in [-0.05, 0) is 12.8 Å². The minimum Gasteiger partial charge on any atom is -0.424 e. The summed E-state index contributed by atoms with van der Waals surface area (Å²) in [5.41, 5.74) is 0. The maximum atomic E-state index is 12.2. The molecule has 1 aliphatic heterocycles. The van der Waals surface area contributed by atoms with Crippen LogP contribution in [0.5, 0.6) is 0 Å². The number of urea groups is 1. The molecule has 1 N–H and O–H groups in total. The predicted octanol–water partition coefficient (Wildman–Crippen LogP) is 1.15. The highest BCUT2D eigenvalue weighted by atomic mass is 16.4. The summed E-state index contributed by atoms with van der Waals surface area (Å²) in [7, 11) is 0. The molecule has 1 aromatic rings. The van der Waals surface area contributed by atoms with Crippen LogP contribution >= 0.6 is 0 Å². The fourth-order valence-corrected chi connectivity index (χ4v) is 3.04. The molecule has 1 saturated carbocycles. The summed E-state index contributed by atoms with van der Waals surface area (Å²) >= 11 is 0. The Morgan fingerprint density at radius 2 is 1.95 bits per heavy atom. The topological polar surface area (TPSA) is 74.5 Å². The van der Waals surface area contributed by atoms with Crippen LogP contribution in [0.2, 0.25) is 0 Å². The first-order valence-corrected chi connectivity index (χ1v) is 7.77. The molecule has 2 fully saturated rings. The van der Waals surface area contributed by atoms with Crippen molar-refractivity contribution in [3.05, 3.63) is 11.8 Å². The zero-order valence-corrected chi connectivity index (χ0v) is 12.5. The lowest BCUT2D eigenvalue weighted by Crippen LogP contribution is -2.52. The third-order valence-corrected chi connectivity index (χ3v) is 4.27. The van der Waals surface area contributed by atoms with Gasteiger partial charge in [-0.1, -0.05) is 12.8 Å². The molecule has 0 spiro atoms. The van der Waals surface area contributed by atoms with E-state index in [1.807, 2.05) is 4.90 Å². The molecule has 2 amide bonds. The lowest BCUT2D eigenvalue weighted by atomic mass is 10.2. The zero-order chi connectivity index (χ0) is 14.7. The molecule has 0 unspecified atom stereocenters. The lowest BCUT2D eigenvalue weighted by Gasteiger charge is -2.34. The molecule has 7 nitrogen and oxygen atoms in total. The predicted molar refractivity (Wildman–Crippen MR) is 76.7 cm³/mol. The van der Waals surface area contributed by atoms with E-state index >= 15 is 0 Å². The van der Waals surface area contributed by atoms with E-state index in [1.165, 1.54) is 12.8 Å². The number of aryl methyl sites for hydroxylation is 1. The molecule has 0 bridgehead atoms. The van der Waals surface area contributed by atoms with Crippen LogP contribution in [0.25, 0.3) is 0 Å². The quantitative estimate of drug-likeness (QED) is 0.905. The van der Waals surface area contributed by atoms with E-state index in [-0.39, 0.29) is 6.03 Å². The Labute approximate surface area is 124 Å². The summed E-state index contributed by atoms with van der Waals surface area (Å²) in [4.78, 5) is 16.3. The average Bonchev–Trinajstić information content (AvgIpc) is 3.12. The van der Waals surface area contributed by atoms with Gasteiger partial charge in [-0.25, -0.2) is 4.79 Å². The fraction of sp³-hybridized carbons (Fsp3) is 0.786. The first-order valence-electron chi connectivity index (χ1n) is 7.77. The maximum Gasteiger partial charge on any atom is 0.317 e. The summed E-state index contributed by atoms with van der Waals surface area (Å²) in [5.74, 6) is 1.25. The van der Waals surface area contributed by atoms with Crippen molar-refractivity contribution < 1.29 is 9.21 Å². The van der Waals surface area contributed by atoms with Gasteiger partial charge in [0.05, 0.1) is 6.54 Å². The van der Waals surface area contributed by atoms with Gasteiger partial charge >= 0.3 is 6.03 Å². The van der Waals surface area contributed by atoms with Gasteiger partial charge in [0, 0.05) is 39.1 Å². The Bertz CT molecular complexity index is 475. The second-order valence-electron chi connectivity index (χ2n) is 5.91. The van der Waals surface area contributed by atoms with Crippen molar-refractivity contribution in [1.82, 2.24) is 25.3 Å². The SMILES string of the molecule is Cc1nnc(CN2CCN(C(=O)NC3CCCC3)CC2)o1. The average molecular weight is 293 g/mol. The van der Waals surface area contributed by atoms with Crippen LogP contribution in [0.4, 0.5) is 4.79 Å². The number of amides is 2. The Morgan fingerprint density at radius 1 is 1.24 bits per heavy atom. The molecular formula is C14H23N5O2. The molecule has 1 saturated heterocycles. The Kier molecular flexibility index (Phi) is 4.38. The van der Waals surface area contributed by atoms with Crippen molar-refractivity contribution in [2.24, 2.45) is 0 Å². The molecule has 7 heteroatoms. The van der Waals surface area contributed by atoms with Crippen LogP contribution in [-0.4, -0.2) is 58.2 Å². The first kappa shape index (κ1) is 14.3. The Morgan fingerprint density at radius 3 is 2.57 bits per heavy atom. The summed E-state index contributed by atoms with van der Waals surface area (Å²) in [5, 5.41) is 11.0. The van der Waals surface area contributed by atoms with Crippen molar-refractivity contribution >= 4 is 6.03 Å². The number of aromatic nitrogens is 2. The lowest BCUT2D eigenvalue weighted by molar-refractivity contribution is 0.127. The van der Waals surface area contributed by atoms with Crippen LogP contribution in [0.1, 0.15) is 37.5 Å². The van der Waals surface area contributed by atoms with Crippen molar-refractivity contribution in [3.8, 4) is 0 Å². The number of carbonyl (C=O) groups excluding carboxylic acids is 1. The monoisotopic (exact) mass is 293 g/mol. The molecule has 2 heterocycles. The van der Waals surface area contributed by atoms with Crippen LogP contribution in [0.15, 0.2) is 4.42 Å². The third-order valence-electron chi connectivity index (χ3n) is 4.27. The number of nitrogens with zero attached hydrogens (tertiary/aromatic N) is 4. The van der Waals surface area contributed by atoms with Gasteiger partial charge in [-0.2, -0.15) is 0 Å². The molecule has 1 aromatic heterocycles. The van der Waals surface area contributed by atoms with Crippen LogP contribution in [-0.2, 0) is 6.54 Å². The number of nitrogens with one attached hydrogen (secondary N) is 1. The summed E-state index contributed by atoms with van der Waals surface area (Å²) in [6.45, 7) is 5.66. The smallest absolute Gasteiger partial charge is 0.317 e. The van der Waals surface area contributed by atoms with Crippen LogP contribution < -0.4 is 5.32 Å². The number of rotatable bonds is 3. The van der Waals surface area contributed by atoms with Crippen molar-refractivity contribution in [3.63, 3.8) is 0 Å². The zero-order valence-electron chi connectivity index (χ0n) is 12.5. The van der Waals surface area contributed by atoms with E-state index in [0.717, 1.165) is 39.0 Å². The van der Waals surface area contributed by atoms with Crippen molar-refractivity contribution in [2.45, 2.75) is 45.2 Å². The minimum absolute atomic E-state index is 0.0928. The molecule has 1 aliphatic carbocycles. The number of hydrogen-bond donors (Lipinski definition) is 1. The first-order chi connectivity index (χ1) is 10.2. The number of hydrogen-bond acceptors (Lipinski definition) is 5. The summed E-state index contributed by atoms with van der Waals surface area (Å²) in [6, 6.07) is 0.479. The largest absolute Gasteiger partial charge is 0.424 e. The highest BCUT2D eigenvalue weighted by Gasteiger charge is 2.25. The summed E-state index contributed by atoms with van der Waals surface area (Å²) < 4.78 is 5.39. The van der Waals surface area contributed by atoms with E-state index in [2.05, 4.69) is 20.4 Å². The van der Waals surface area contributed by atoms with Gasteiger partial charge < -0.3 is 14.6 Å². The third kappa shape index (κ3) is 3.72. The Hall–Kier alpha value is -1.63. The van der Waals surface area contributed by atoms with Gasteiger partial charge in [0.15, 0.2) is 0 Å². The van der Waals surface area contributed by atoms with Crippen LogP contribution in [0, 0.1) is 6.92 Å². The molecular weight excluding hydrogens is 270 g/mol. The van der Waals surface area contributed by atoms with E-state index in [4.69, 9.17) is 4.42 Å². The normalized spacial score (nSPS) is 20.9. The van der Waals surface area contributed by atoms with Gasteiger partial charge in [0.2, 0.25) is 11.8 Å². The summed E-state index contributed by atoms with van der Waals surface area (Å²) in [6.07, 6.45) is 4.73. The molecule has 0 atom stereocenters. The van der Waals surface area contributed by atoms with Gasteiger partial charge in [0.25, 0.3) is 0 Å². The van der Waals surface area contributed by atoms with Gasteiger partial charge in [0.1, 0.15) is 0 Å². The molecule has 3 rings (SSSR count). The van der Waals surface area contributed by atoms with E-state index in [0.29, 0.717) is 24.4 Å². The van der Waals surface area contributed by atoms with E-state index in [1.54, 1.807) is 6.92 Å². The molecule has 0 radical (unpaired) electrons. The standard InChI is InChI=1S/C14H23N5O2/c1-11-16-17-13(21-11)10-18-6-8-19(9-7-18)14(20)15-12-4-2-3-5-12/h12H,2-10H2,1H3,(H,15,20). The Balaban J connectivity index is 1.42. The number of piperazine rings is 1. The fourth-order valence-electron chi connectivity index (χ4n) is 3.04. The highest BCUT2D eigenvalue weighted by molar-refractivity contribution is 5.74. The van der Waals surface area contributed by atoms with Gasteiger partial charge in [-0.15, -0.1) is 10.2 Å². The van der Waals surface area contributed by atoms with Gasteiger partial charge in [-0.3, -0.25) is 4.90 Å². The highest BCUT2D eigenvalue weighted by Crippen LogP contribution is 2.18. The van der Waals surface area contributed by atoms with E-state index < -0.39 is 0 Å². The second-order valence-corrected chi connectivity index (χ2v) is 5.91. The van der Waals surface area contributed by atoms with E-state index in [9.17, 15) is 4.79 Å². The maximum absolute atomic E-state index is 12.2. The van der Waals surface area contributed by atoms with Crippen molar-refractivity contribution in [1.29, 1.82) is 0 Å². The minimum atomic E-state index is 0.0928. The molecule has 21 heavy (non-hydrogen) atoms. The number of carbonyl (C=O) groups is 1. The second kappa shape index (κ2) is 6.43. The molecule has 2 aliphatic rings. The van der Waals surface area contributed by atoms with Crippen molar-refractivity contribution in [2.75, 3.05) is 26.2 Å². The van der Waals surface area contributed by atoms with Crippen LogP contribution in [0.3, 0.4) is 0 Å². The molecule has 0 aromatic carbocycles.